The van der Waals surface area contributed by atoms with Gasteiger partial charge in [-0.05, 0) is 37.3 Å². The second kappa shape index (κ2) is 4.87. The van der Waals surface area contributed by atoms with Crippen molar-refractivity contribution in [2.24, 2.45) is 7.05 Å². The van der Waals surface area contributed by atoms with E-state index in [1.165, 1.54) is 18.2 Å². The molecule has 0 atom stereocenters. The van der Waals surface area contributed by atoms with Gasteiger partial charge in [0.25, 0.3) is 0 Å². The molecule has 1 aromatic carbocycles. The zero-order chi connectivity index (χ0) is 13.1. The number of carbonyl (C=O) groups excluding carboxylic acids is 1. The predicted molar refractivity (Wildman–Crippen MR) is 69.4 cm³/mol. The van der Waals surface area contributed by atoms with Crippen LogP contribution in [-0.4, -0.2) is 20.7 Å². The van der Waals surface area contributed by atoms with E-state index in [2.05, 4.69) is 5.10 Å². The van der Waals surface area contributed by atoms with Crippen molar-refractivity contribution in [1.82, 2.24) is 9.78 Å². The molecule has 2 rings (SSSR count). The fraction of sp³-hybridized carbons (Fsp3) is 0.143. The molecule has 0 aliphatic rings. The minimum Gasteiger partial charge on any atom is -0.508 e. The second-order valence-electron chi connectivity index (χ2n) is 4.08. The van der Waals surface area contributed by atoms with Crippen LogP contribution in [0.15, 0.2) is 36.4 Å². The van der Waals surface area contributed by atoms with Gasteiger partial charge in [-0.2, -0.15) is 5.10 Å². The van der Waals surface area contributed by atoms with Gasteiger partial charge in [0.1, 0.15) is 5.75 Å². The number of hydrogen-bond acceptors (Lipinski definition) is 3. The standard InChI is InChI=1S/C14H14N2O2/c1-10-8-12(16(2)15-10)6-7-14(18)11-4-3-5-13(17)9-11/h3-9,17H,1-2H3/b7-6+. The third-order valence-corrected chi connectivity index (χ3v) is 2.57. The van der Waals surface area contributed by atoms with Crippen LogP contribution in [0.2, 0.25) is 0 Å². The largest absolute Gasteiger partial charge is 0.508 e. The Bertz CT molecular complexity index is 612. The maximum Gasteiger partial charge on any atom is 0.186 e. The van der Waals surface area contributed by atoms with Gasteiger partial charge in [-0.1, -0.05) is 12.1 Å². The third-order valence-electron chi connectivity index (χ3n) is 2.57. The summed E-state index contributed by atoms with van der Waals surface area (Å²) in [6, 6.07) is 8.18. The van der Waals surface area contributed by atoms with Crippen molar-refractivity contribution < 1.29 is 9.90 Å². The van der Waals surface area contributed by atoms with Crippen LogP contribution in [-0.2, 0) is 7.05 Å². The number of aryl methyl sites for hydroxylation is 2. The van der Waals surface area contributed by atoms with Gasteiger partial charge >= 0.3 is 0 Å². The van der Waals surface area contributed by atoms with Crippen molar-refractivity contribution in [2.75, 3.05) is 0 Å². The predicted octanol–water partition coefficient (Wildman–Crippen LogP) is 2.33. The first kappa shape index (κ1) is 12.1. The molecule has 2 aromatic rings. The van der Waals surface area contributed by atoms with E-state index >= 15 is 0 Å². The van der Waals surface area contributed by atoms with Crippen molar-refractivity contribution >= 4 is 11.9 Å². The summed E-state index contributed by atoms with van der Waals surface area (Å²) in [4.78, 5) is 11.9. The van der Waals surface area contributed by atoms with Crippen LogP contribution < -0.4 is 0 Å². The highest BCUT2D eigenvalue weighted by Crippen LogP contribution is 2.12. The maximum absolute atomic E-state index is 11.9. The number of hydrogen-bond donors (Lipinski definition) is 1. The molecule has 1 N–H and O–H groups in total. The van der Waals surface area contributed by atoms with Gasteiger partial charge in [-0.15, -0.1) is 0 Å². The number of allylic oxidation sites excluding steroid dienone is 1. The van der Waals surface area contributed by atoms with E-state index in [0.717, 1.165) is 11.4 Å². The lowest BCUT2D eigenvalue weighted by molar-refractivity contribution is 0.104. The number of benzene rings is 1. The van der Waals surface area contributed by atoms with Crippen molar-refractivity contribution in [2.45, 2.75) is 6.92 Å². The average Bonchev–Trinajstić information content (AvgIpc) is 2.65. The van der Waals surface area contributed by atoms with Crippen LogP contribution in [0, 0.1) is 6.92 Å². The first-order valence-corrected chi connectivity index (χ1v) is 5.58. The van der Waals surface area contributed by atoms with Crippen molar-refractivity contribution in [3.63, 3.8) is 0 Å². The summed E-state index contributed by atoms with van der Waals surface area (Å²) in [6.07, 6.45) is 3.19. The van der Waals surface area contributed by atoms with Gasteiger partial charge in [-0.25, -0.2) is 0 Å². The molecule has 0 saturated carbocycles. The minimum absolute atomic E-state index is 0.0885. The zero-order valence-corrected chi connectivity index (χ0v) is 10.3. The molecule has 4 nitrogen and oxygen atoms in total. The van der Waals surface area contributed by atoms with Crippen LogP contribution in [0.25, 0.3) is 6.08 Å². The van der Waals surface area contributed by atoms with Crippen LogP contribution in [0.1, 0.15) is 21.7 Å². The highest BCUT2D eigenvalue weighted by atomic mass is 16.3. The van der Waals surface area contributed by atoms with E-state index < -0.39 is 0 Å². The van der Waals surface area contributed by atoms with Gasteiger partial charge in [0.2, 0.25) is 0 Å². The molecular formula is C14H14N2O2. The third kappa shape index (κ3) is 2.66. The number of ketones is 1. The summed E-state index contributed by atoms with van der Waals surface area (Å²) in [5, 5.41) is 13.5. The molecule has 0 fully saturated rings. The van der Waals surface area contributed by atoms with Crippen LogP contribution in [0.5, 0.6) is 5.75 Å². The van der Waals surface area contributed by atoms with Crippen molar-refractivity contribution in [3.8, 4) is 5.75 Å². The maximum atomic E-state index is 11.9. The van der Waals surface area contributed by atoms with E-state index in [1.54, 1.807) is 22.9 Å². The Kier molecular flexibility index (Phi) is 3.28. The topological polar surface area (TPSA) is 55.1 Å². The number of phenols is 1. The van der Waals surface area contributed by atoms with E-state index in [1.807, 2.05) is 20.0 Å². The van der Waals surface area contributed by atoms with Crippen molar-refractivity contribution in [1.29, 1.82) is 0 Å². The molecule has 0 saturated heterocycles. The highest BCUT2D eigenvalue weighted by molar-refractivity contribution is 6.06. The summed E-state index contributed by atoms with van der Waals surface area (Å²) >= 11 is 0. The number of nitrogens with zero attached hydrogens (tertiary/aromatic N) is 2. The molecule has 0 spiro atoms. The molecule has 0 aliphatic heterocycles. The number of aromatic hydroxyl groups is 1. The Balaban J connectivity index is 2.19. The Morgan fingerprint density at radius 3 is 2.78 bits per heavy atom. The number of phenolic OH excluding ortho intramolecular Hbond substituents is 1. The smallest absolute Gasteiger partial charge is 0.186 e. The first-order chi connectivity index (χ1) is 8.56. The Morgan fingerprint density at radius 1 is 1.39 bits per heavy atom. The SMILES string of the molecule is Cc1cc(/C=C/C(=O)c2cccc(O)c2)n(C)n1. The monoisotopic (exact) mass is 242 g/mol. The number of aromatic nitrogens is 2. The molecule has 0 radical (unpaired) electrons. The molecule has 92 valence electrons. The Hall–Kier alpha value is -2.36. The van der Waals surface area contributed by atoms with E-state index in [9.17, 15) is 9.90 Å². The van der Waals surface area contributed by atoms with Crippen LogP contribution in [0.3, 0.4) is 0 Å². The summed E-state index contributed by atoms with van der Waals surface area (Å²) < 4.78 is 1.71. The van der Waals surface area contributed by atoms with Gasteiger partial charge in [0.15, 0.2) is 5.78 Å². The van der Waals surface area contributed by atoms with Crippen LogP contribution >= 0.6 is 0 Å². The summed E-state index contributed by atoms with van der Waals surface area (Å²) in [5.74, 6) is -0.0598. The molecular weight excluding hydrogens is 228 g/mol. The Morgan fingerprint density at radius 2 is 2.17 bits per heavy atom. The average molecular weight is 242 g/mol. The normalized spacial score (nSPS) is 11.0. The van der Waals surface area contributed by atoms with Crippen LogP contribution in [0.4, 0.5) is 0 Å². The van der Waals surface area contributed by atoms with Gasteiger partial charge in [-0.3, -0.25) is 9.48 Å². The lowest BCUT2D eigenvalue weighted by Gasteiger charge is -1.97. The highest BCUT2D eigenvalue weighted by Gasteiger charge is 2.03. The molecule has 1 aromatic heterocycles. The number of rotatable bonds is 3. The molecule has 0 amide bonds. The zero-order valence-electron chi connectivity index (χ0n) is 10.3. The van der Waals surface area contributed by atoms with Crippen molar-refractivity contribution in [3.05, 3.63) is 53.4 Å². The lowest BCUT2D eigenvalue weighted by atomic mass is 10.1. The van der Waals surface area contributed by atoms with Gasteiger partial charge < -0.3 is 5.11 Å². The second-order valence-corrected chi connectivity index (χ2v) is 4.08. The molecule has 0 bridgehead atoms. The van der Waals surface area contributed by atoms with E-state index in [4.69, 9.17) is 0 Å². The first-order valence-electron chi connectivity index (χ1n) is 5.58. The molecule has 0 unspecified atom stereocenters. The molecule has 1 heterocycles. The number of carbonyl (C=O) groups is 1. The summed E-state index contributed by atoms with van der Waals surface area (Å²) in [7, 11) is 1.82. The summed E-state index contributed by atoms with van der Waals surface area (Å²) in [5.41, 5.74) is 2.23. The fourth-order valence-corrected chi connectivity index (χ4v) is 1.70. The minimum atomic E-state index is -0.148. The summed E-state index contributed by atoms with van der Waals surface area (Å²) in [6.45, 7) is 1.90. The molecule has 4 heteroatoms. The van der Waals surface area contributed by atoms with Gasteiger partial charge in [0.05, 0.1) is 11.4 Å². The Labute approximate surface area is 105 Å². The fourth-order valence-electron chi connectivity index (χ4n) is 1.70. The van der Waals surface area contributed by atoms with E-state index in [-0.39, 0.29) is 11.5 Å². The molecule has 0 aliphatic carbocycles. The molecule has 18 heavy (non-hydrogen) atoms. The quantitative estimate of drug-likeness (QED) is 0.664. The lowest BCUT2D eigenvalue weighted by Crippen LogP contribution is -1.96. The van der Waals surface area contributed by atoms with Gasteiger partial charge in [0, 0.05) is 12.6 Å². The van der Waals surface area contributed by atoms with E-state index in [0.29, 0.717) is 5.56 Å².